The molecule has 110 valence electrons. The summed E-state index contributed by atoms with van der Waals surface area (Å²) in [5, 5.41) is 13.9. The highest BCUT2D eigenvalue weighted by molar-refractivity contribution is 7.99. The van der Waals surface area contributed by atoms with E-state index in [0.717, 1.165) is 22.0 Å². The van der Waals surface area contributed by atoms with Crippen LogP contribution in [0.4, 0.5) is 5.69 Å². The smallest absolute Gasteiger partial charge is 0.269 e. The summed E-state index contributed by atoms with van der Waals surface area (Å²) in [6, 6.07) is 10.8. The normalized spacial score (nSPS) is 12.1. The highest BCUT2D eigenvalue weighted by Crippen LogP contribution is 2.28. The van der Waals surface area contributed by atoms with Crippen molar-refractivity contribution in [3.05, 3.63) is 58.4 Å². The van der Waals surface area contributed by atoms with E-state index in [1.807, 2.05) is 18.3 Å². The molecule has 5 nitrogen and oxygen atoms in total. The van der Waals surface area contributed by atoms with Gasteiger partial charge in [-0.25, -0.2) is 0 Å². The Balaban J connectivity index is 2.04. The third-order valence-corrected chi connectivity index (χ3v) is 3.98. The molecule has 1 N–H and O–H groups in total. The van der Waals surface area contributed by atoms with E-state index >= 15 is 0 Å². The molecule has 2 aromatic rings. The predicted molar refractivity (Wildman–Crippen MR) is 83.5 cm³/mol. The lowest BCUT2D eigenvalue weighted by atomic mass is 10.2. The highest BCUT2D eigenvalue weighted by Gasteiger charge is 2.07. The number of nitrogens with one attached hydrogen (secondary N) is 1. The zero-order chi connectivity index (χ0) is 15.2. The van der Waals surface area contributed by atoms with Crippen LogP contribution in [0, 0.1) is 10.1 Å². The molecule has 0 saturated heterocycles. The number of rotatable bonds is 6. The Morgan fingerprint density at radius 2 is 1.90 bits per heavy atom. The van der Waals surface area contributed by atoms with E-state index in [0.29, 0.717) is 0 Å². The number of nitro benzene ring substituents is 1. The second-order valence-electron chi connectivity index (χ2n) is 4.55. The van der Waals surface area contributed by atoms with Gasteiger partial charge in [0, 0.05) is 34.2 Å². The summed E-state index contributed by atoms with van der Waals surface area (Å²) >= 11 is 1.54. The minimum atomic E-state index is -0.396. The molecule has 0 bridgehead atoms. The van der Waals surface area contributed by atoms with Crippen molar-refractivity contribution in [1.29, 1.82) is 0 Å². The Hall–Kier alpha value is -1.92. The number of hydrogen-bond acceptors (Lipinski definition) is 5. The molecule has 0 amide bonds. The molecule has 0 saturated carbocycles. The molecule has 6 heteroatoms. The fraction of sp³-hybridized carbons (Fsp3) is 0.267. The molecule has 0 aliphatic heterocycles. The van der Waals surface area contributed by atoms with E-state index in [1.54, 1.807) is 12.1 Å². The van der Waals surface area contributed by atoms with Crippen molar-refractivity contribution in [2.24, 2.45) is 0 Å². The van der Waals surface area contributed by atoms with Crippen LogP contribution in [0.3, 0.4) is 0 Å². The molecule has 0 fully saturated rings. The van der Waals surface area contributed by atoms with Crippen LogP contribution in [0.5, 0.6) is 0 Å². The first kappa shape index (κ1) is 15.5. The number of nitrogens with zero attached hydrogens (tertiary/aromatic N) is 2. The largest absolute Gasteiger partial charge is 0.309 e. The van der Waals surface area contributed by atoms with E-state index in [4.69, 9.17) is 0 Å². The number of nitro groups is 1. The number of pyridine rings is 1. The van der Waals surface area contributed by atoms with Gasteiger partial charge in [-0.2, -0.15) is 0 Å². The summed E-state index contributed by atoms with van der Waals surface area (Å²) in [7, 11) is 0. The Kier molecular flexibility index (Phi) is 5.30. The first-order valence-electron chi connectivity index (χ1n) is 6.71. The van der Waals surface area contributed by atoms with Gasteiger partial charge in [-0.15, -0.1) is 0 Å². The Morgan fingerprint density at radius 3 is 2.43 bits per heavy atom. The van der Waals surface area contributed by atoms with Gasteiger partial charge in [0.25, 0.3) is 5.69 Å². The Labute approximate surface area is 127 Å². The summed E-state index contributed by atoms with van der Waals surface area (Å²) in [5.41, 5.74) is 1.11. The van der Waals surface area contributed by atoms with Crippen LogP contribution in [0.1, 0.15) is 25.6 Å². The third kappa shape index (κ3) is 4.27. The number of aromatic nitrogens is 1. The van der Waals surface area contributed by atoms with E-state index < -0.39 is 4.92 Å². The lowest BCUT2D eigenvalue weighted by molar-refractivity contribution is -0.384. The summed E-state index contributed by atoms with van der Waals surface area (Å²) < 4.78 is 0. The van der Waals surface area contributed by atoms with Crippen LogP contribution >= 0.6 is 11.8 Å². The minimum absolute atomic E-state index is 0.104. The van der Waals surface area contributed by atoms with E-state index in [1.165, 1.54) is 23.9 Å². The SMILES string of the molecule is CCNC(C)c1ccc(Sc2ccc([N+](=O)[O-])cc2)cn1. The number of benzene rings is 1. The number of non-ortho nitro benzene ring substituents is 1. The van der Waals surface area contributed by atoms with Crippen molar-refractivity contribution < 1.29 is 4.92 Å². The van der Waals surface area contributed by atoms with E-state index in [-0.39, 0.29) is 11.7 Å². The third-order valence-electron chi connectivity index (χ3n) is 3.00. The zero-order valence-electron chi connectivity index (χ0n) is 11.9. The van der Waals surface area contributed by atoms with E-state index in [2.05, 4.69) is 24.1 Å². The molecular weight excluding hydrogens is 286 g/mol. The van der Waals surface area contributed by atoms with Gasteiger partial charge in [-0.05, 0) is 37.7 Å². The molecule has 1 unspecified atom stereocenters. The van der Waals surface area contributed by atoms with Crippen molar-refractivity contribution >= 4 is 17.4 Å². The number of hydrogen-bond donors (Lipinski definition) is 1. The molecule has 1 atom stereocenters. The van der Waals surface area contributed by atoms with Gasteiger partial charge >= 0.3 is 0 Å². The highest BCUT2D eigenvalue weighted by atomic mass is 32.2. The second kappa shape index (κ2) is 7.19. The first-order chi connectivity index (χ1) is 10.1. The van der Waals surface area contributed by atoms with Gasteiger partial charge in [-0.3, -0.25) is 15.1 Å². The van der Waals surface area contributed by atoms with Crippen LogP contribution in [-0.2, 0) is 0 Å². The molecule has 1 aromatic heterocycles. The van der Waals surface area contributed by atoms with Crippen molar-refractivity contribution in [2.75, 3.05) is 6.54 Å². The molecule has 0 aliphatic carbocycles. The maximum atomic E-state index is 10.6. The topological polar surface area (TPSA) is 68.1 Å². The fourth-order valence-electron chi connectivity index (χ4n) is 1.89. The van der Waals surface area contributed by atoms with Crippen LogP contribution in [0.15, 0.2) is 52.4 Å². The summed E-state index contributed by atoms with van der Waals surface area (Å²) in [5.74, 6) is 0. The lowest BCUT2D eigenvalue weighted by Crippen LogP contribution is -2.18. The maximum Gasteiger partial charge on any atom is 0.269 e. The van der Waals surface area contributed by atoms with Crippen LogP contribution in [0.2, 0.25) is 0 Å². The molecule has 1 heterocycles. The average Bonchev–Trinajstić information content (AvgIpc) is 2.49. The average molecular weight is 303 g/mol. The molecule has 0 radical (unpaired) electrons. The van der Waals surface area contributed by atoms with Gasteiger partial charge in [-0.1, -0.05) is 18.7 Å². The van der Waals surface area contributed by atoms with Gasteiger partial charge in [0.15, 0.2) is 0 Å². The van der Waals surface area contributed by atoms with Crippen LogP contribution < -0.4 is 5.32 Å². The maximum absolute atomic E-state index is 10.6. The van der Waals surface area contributed by atoms with Gasteiger partial charge < -0.3 is 5.32 Å². The predicted octanol–water partition coefficient (Wildman–Crippen LogP) is 3.81. The van der Waals surface area contributed by atoms with Crippen molar-refractivity contribution in [3.8, 4) is 0 Å². The van der Waals surface area contributed by atoms with Crippen molar-refractivity contribution in [1.82, 2.24) is 10.3 Å². The van der Waals surface area contributed by atoms with E-state index in [9.17, 15) is 10.1 Å². The summed E-state index contributed by atoms with van der Waals surface area (Å²) in [4.78, 5) is 16.6. The van der Waals surface area contributed by atoms with Crippen LogP contribution in [-0.4, -0.2) is 16.5 Å². The van der Waals surface area contributed by atoms with Crippen LogP contribution in [0.25, 0.3) is 0 Å². The van der Waals surface area contributed by atoms with Gasteiger partial charge in [0.05, 0.1) is 10.6 Å². The standard InChI is InChI=1S/C15H17N3O2S/c1-3-16-11(2)15-9-8-14(10-17-15)21-13-6-4-12(5-7-13)18(19)20/h4-11,16H,3H2,1-2H3. The summed E-state index contributed by atoms with van der Waals surface area (Å²) in [6.45, 7) is 5.05. The molecule has 0 aliphatic rings. The molecule has 2 rings (SSSR count). The molecule has 21 heavy (non-hydrogen) atoms. The van der Waals surface area contributed by atoms with Crippen molar-refractivity contribution in [3.63, 3.8) is 0 Å². The fourth-order valence-corrected chi connectivity index (χ4v) is 2.68. The minimum Gasteiger partial charge on any atom is -0.309 e. The first-order valence-corrected chi connectivity index (χ1v) is 7.53. The van der Waals surface area contributed by atoms with Gasteiger partial charge in [0.1, 0.15) is 0 Å². The molecule has 0 spiro atoms. The molecule has 1 aromatic carbocycles. The quantitative estimate of drug-likeness (QED) is 0.649. The second-order valence-corrected chi connectivity index (χ2v) is 5.70. The lowest BCUT2D eigenvalue weighted by Gasteiger charge is -2.11. The molecular formula is C15H17N3O2S. The van der Waals surface area contributed by atoms with Gasteiger partial charge in [0.2, 0.25) is 0 Å². The zero-order valence-corrected chi connectivity index (χ0v) is 12.8. The van der Waals surface area contributed by atoms with Crippen molar-refractivity contribution in [2.45, 2.75) is 29.7 Å². The monoisotopic (exact) mass is 303 g/mol. The Morgan fingerprint density at radius 1 is 1.24 bits per heavy atom. The summed E-state index contributed by atoms with van der Waals surface area (Å²) in [6.07, 6.45) is 1.83. The Bertz CT molecular complexity index is 599.